The lowest BCUT2D eigenvalue weighted by molar-refractivity contribution is -0.174. The van der Waals surface area contributed by atoms with E-state index in [1.165, 1.54) is 20.1 Å². The Morgan fingerprint density at radius 2 is 2.00 bits per heavy atom. The minimum atomic E-state index is -5.03. The van der Waals surface area contributed by atoms with Gasteiger partial charge < -0.3 is 10.1 Å². The summed E-state index contributed by atoms with van der Waals surface area (Å²) < 4.78 is 54.7. The summed E-state index contributed by atoms with van der Waals surface area (Å²) in [6.45, 7) is 1.25. The molecule has 0 radical (unpaired) electrons. The lowest BCUT2D eigenvalue weighted by Gasteiger charge is -2.17. The van der Waals surface area contributed by atoms with Crippen molar-refractivity contribution in [1.29, 1.82) is 0 Å². The van der Waals surface area contributed by atoms with Crippen molar-refractivity contribution in [2.45, 2.75) is 19.1 Å². The number of carbonyl (C=O) groups excluding carboxylic acids is 2. The highest BCUT2D eigenvalue weighted by Crippen LogP contribution is 2.26. The average Bonchev–Trinajstić information content (AvgIpc) is 2.36. The number of carbonyl (C=O) groups is 2. The molecular formula is C12H11F4NO3. The predicted molar refractivity (Wildman–Crippen MR) is 61.0 cm³/mol. The predicted octanol–water partition coefficient (Wildman–Crippen LogP) is 2.39. The van der Waals surface area contributed by atoms with E-state index >= 15 is 0 Å². The number of amides is 1. The third-order valence-electron chi connectivity index (χ3n) is 2.56. The Labute approximate surface area is 111 Å². The lowest BCUT2D eigenvalue weighted by Crippen LogP contribution is -2.38. The Morgan fingerprint density at radius 1 is 1.40 bits per heavy atom. The number of methoxy groups -OCH3 is 1. The van der Waals surface area contributed by atoms with Gasteiger partial charge in [-0.05, 0) is 24.6 Å². The Hall–Kier alpha value is -2.12. The van der Waals surface area contributed by atoms with Crippen LogP contribution in [0.5, 0.6) is 5.75 Å². The fourth-order valence-corrected chi connectivity index (χ4v) is 1.51. The molecule has 1 amide bonds. The molecule has 20 heavy (non-hydrogen) atoms. The van der Waals surface area contributed by atoms with E-state index in [9.17, 15) is 27.2 Å². The van der Waals surface area contributed by atoms with Gasteiger partial charge in [-0.1, -0.05) is 0 Å². The quantitative estimate of drug-likeness (QED) is 0.685. The molecule has 1 rings (SSSR count). The van der Waals surface area contributed by atoms with Gasteiger partial charge in [0.05, 0.1) is 18.7 Å². The number of nitrogens with one attached hydrogen (secondary N) is 1. The van der Waals surface area contributed by atoms with Gasteiger partial charge in [0.2, 0.25) is 0 Å². The van der Waals surface area contributed by atoms with Crippen molar-refractivity contribution in [2.24, 2.45) is 0 Å². The monoisotopic (exact) mass is 293 g/mol. The summed E-state index contributed by atoms with van der Waals surface area (Å²) in [7, 11) is 1.19. The van der Waals surface area contributed by atoms with Crippen LogP contribution in [0.2, 0.25) is 0 Å². The van der Waals surface area contributed by atoms with Crippen molar-refractivity contribution in [3.63, 3.8) is 0 Å². The summed E-state index contributed by atoms with van der Waals surface area (Å²) >= 11 is 0. The van der Waals surface area contributed by atoms with Crippen molar-refractivity contribution in [3.8, 4) is 5.75 Å². The second-order valence-electron chi connectivity index (χ2n) is 3.93. The van der Waals surface area contributed by atoms with Crippen molar-refractivity contribution < 1.29 is 31.9 Å². The summed E-state index contributed by atoms with van der Waals surface area (Å²) in [5.41, 5.74) is -0.298. The summed E-state index contributed by atoms with van der Waals surface area (Å²) in [5.74, 6) is -3.20. The van der Waals surface area contributed by atoms with Crippen molar-refractivity contribution >= 4 is 12.2 Å². The first-order chi connectivity index (χ1) is 9.20. The number of rotatable bonds is 4. The molecule has 0 spiro atoms. The van der Waals surface area contributed by atoms with Gasteiger partial charge in [0, 0.05) is 0 Å². The first kappa shape index (κ1) is 15.9. The highest BCUT2D eigenvalue weighted by molar-refractivity contribution is 5.82. The van der Waals surface area contributed by atoms with E-state index in [2.05, 4.69) is 0 Å². The van der Waals surface area contributed by atoms with Gasteiger partial charge in [-0.15, -0.1) is 0 Å². The molecular weight excluding hydrogens is 282 g/mol. The second-order valence-corrected chi connectivity index (χ2v) is 3.93. The molecule has 0 aliphatic rings. The van der Waals surface area contributed by atoms with E-state index < -0.39 is 23.9 Å². The van der Waals surface area contributed by atoms with Crippen LogP contribution in [0.1, 0.15) is 28.9 Å². The zero-order chi connectivity index (χ0) is 15.5. The molecule has 0 aliphatic heterocycles. The first-order valence-electron chi connectivity index (χ1n) is 5.41. The Bertz CT molecular complexity index is 528. The molecule has 0 fully saturated rings. The highest BCUT2D eigenvalue weighted by atomic mass is 19.4. The molecule has 1 N–H and O–H groups in total. The normalized spacial score (nSPS) is 12.7. The third kappa shape index (κ3) is 3.46. The molecule has 1 unspecified atom stereocenters. The van der Waals surface area contributed by atoms with Crippen molar-refractivity contribution in [3.05, 3.63) is 29.1 Å². The van der Waals surface area contributed by atoms with Gasteiger partial charge in [-0.3, -0.25) is 9.59 Å². The van der Waals surface area contributed by atoms with Crippen LogP contribution in [0.15, 0.2) is 12.1 Å². The van der Waals surface area contributed by atoms with Gasteiger partial charge in [-0.25, -0.2) is 4.39 Å². The average molecular weight is 293 g/mol. The van der Waals surface area contributed by atoms with E-state index in [4.69, 9.17) is 4.74 Å². The number of benzene rings is 1. The second kappa shape index (κ2) is 5.89. The van der Waals surface area contributed by atoms with E-state index in [-0.39, 0.29) is 23.2 Å². The summed E-state index contributed by atoms with van der Waals surface area (Å²) in [6.07, 6.45) is -4.80. The minimum absolute atomic E-state index is 0.0440. The molecule has 4 nitrogen and oxygen atoms in total. The zero-order valence-corrected chi connectivity index (χ0v) is 10.5. The van der Waals surface area contributed by atoms with Crippen LogP contribution in [0.4, 0.5) is 17.6 Å². The third-order valence-corrected chi connectivity index (χ3v) is 2.56. The van der Waals surface area contributed by atoms with Crippen molar-refractivity contribution in [1.82, 2.24) is 5.32 Å². The van der Waals surface area contributed by atoms with Crippen LogP contribution in [0.25, 0.3) is 0 Å². The van der Waals surface area contributed by atoms with Crippen LogP contribution in [-0.2, 0) is 4.79 Å². The molecule has 1 atom stereocenters. The summed E-state index contributed by atoms with van der Waals surface area (Å²) in [5, 5.41) is 1.68. The van der Waals surface area contributed by atoms with Crippen molar-refractivity contribution in [2.75, 3.05) is 7.11 Å². The molecule has 1 aromatic rings. The van der Waals surface area contributed by atoms with Gasteiger partial charge in [0.25, 0.3) is 0 Å². The molecule has 8 heteroatoms. The zero-order valence-electron chi connectivity index (χ0n) is 10.5. The fourth-order valence-electron chi connectivity index (χ4n) is 1.51. The van der Waals surface area contributed by atoms with E-state index in [1.54, 1.807) is 5.32 Å². The molecule has 0 aromatic heterocycles. The number of hydrogen-bond acceptors (Lipinski definition) is 3. The lowest BCUT2D eigenvalue weighted by atomic mass is 10.0. The molecule has 0 saturated heterocycles. The van der Waals surface area contributed by atoms with Gasteiger partial charge >= 0.3 is 12.1 Å². The van der Waals surface area contributed by atoms with Crippen LogP contribution in [-0.4, -0.2) is 25.5 Å². The maximum atomic E-state index is 13.6. The Balaban J connectivity index is 3.06. The number of halogens is 4. The van der Waals surface area contributed by atoms with Crippen LogP contribution < -0.4 is 10.1 Å². The van der Waals surface area contributed by atoms with E-state index in [0.29, 0.717) is 0 Å². The minimum Gasteiger partial charge on any atom is -0.496 e. The number of alkyl halides is 3. The Kier molecular flexibility index (Phi) is 4.69. The van der Waals surface area contributed by atoms with Gasteiger partial charge in [0.15, 0.2) is 6.29 Å². The number of hydrogen-bond donors (Lipinski definition) is 1. The maximum Gasteiger partial charge on any atom is 0.471 e. The summed E-state index contributed by atoms with van der Waals surface area (Å²) in [4.78, 5) is 21.5. The number of aldehydes is 1. The van der Waals surface area contributed by atoms with E-state index in [0.717, 1.165) is 6.07 Å². The van der Waals surface area contributed by atoms with Crippen LogP contribution >= 0.6 is 0 Å². The molecule has 1 aromatic carbocycles. The topological polar surface area (TPSA) is 55.4 Å². The fraction of sp³-hybridized carbons (Fsp3) is 0.333. The Morgan fingerprint density at radius 3 is 2.45 bits per heavy atom. The van der Waals surface area contributed by atoms with Gasteiger partial charge in [-0.2, -0.15) is 13.2 Å². The molecule has 110 valence electrons. The molecule has 0 saturated carbocycles. The van der Waals surface area contributed by atoms with E-state index in [1.807, 2.05) is 0 Å². The molecule has 0 bridgehead atoms. The van der Waals surface area contributed by atoms with Gasteiger partial charge in [0.1, 0.15) is 11.6 Å². The first-order valence-corrected chi connectivity index (χ1v) is 5.41. The largest absolute Gasteiger partial charge is 0.496 e. The maximum absolute atomic E-state index is 13.6. The highest BCUT2D eigenvalue weighted by Gasteiger charge is 2.39. The standard InChI is InChI=1S/C12H11F4NO3/c1-6(17-11(19)12(14,15)16)7-3-9(13)8(5-18)10(4-7)20-2/h3-6H,1-2H3,(H,17,19). The number of ether oxygens (including phenoxy) is 1. The molecule has 0 aliphatic carbocycles. The summed E-state index contributed by atoms with van der Waals surface area (Å²) in [6, 6.07) is 0.954. The van der Waals surface area contributed by atoms with Crippen LogP contribution in [0, 0.1) is 5.82 Å². The smallest absolute Gasteiger partial charge is 0.471 e. The SMILES string of the molecule is COc1cc(C(C)NC(=O)C(F)(F)F)cc(F)c1C=O. The molecule has 0 heterocycles. The van der Waals surface area contributed by atoms with Crippen LogP contribution in [0.3, 0.4) is 0 Å².